The molecule has 1 aliphatic rings. The maximum absolute atomic E-state index is 12.8. The van der Waals surface area contributed by atoms with Crippen molar-refractivity contribution in [1.82, 2.24) is 9.97 Å². The quantitative estimate of drug-likeness (QED) is 0.715. The molecule has 1 saturated heterocycles. The molecule has 1 aliphatic heterocycles. The van der Waals surface area contributed by atoms with Gasteiger partial charge in [0, 0.05) is 25.0 Å². The van der Waals surface area contributed by atoms with Gasteiger partial charge >= 0.3 is 0 Å². The van der Waals surface area contributed by atoms with Gasteiger partial charge in [-0.05, 0) is 48.6 Å². The number of fused-ring (bicyclic) bond motifs is 1. The first-order valence-electron chi connectivity index (χ1n) is 9.47. The van der Waals surface area contributed by atoms with Crippen LogP contribution in [0.4, 0.5) is 10.8 Å². The number of carbonyl (C=O) groups excluding carboxylic acids is 1. The van der Waals surface area contributed by atoms with E-state index in [4.69, 9.17) is 4.98 Å². The molecule has 3 heterocycles. The minimum Gasteiger partial charge on any atom is -0.347 e. The number of thiazole rings is 1. The van der Waals surface area contributed by atoms with E-state index in [0.717, 1.165) is 40.6 Å². The van der Waals surface area contributed by atoms with E-state index in [1.54, 1.807) is 17.5 Å². The molecular formula is C21H24N4OS. The van der Waals surface area contributed by atoms with Crippen LogP contribution in [0.3, 0.4) is 0 Å². The molecule has 1 N–H and O–H groups in total. The highest BCUT2D eigenvalue weighted by Gasteiger charge is 2.27. The van der Waals surface area contributed by atoms with E-state index in [1.165, 1.54) is 5.56 Å². The molecule has 0 unspecified atom stereocenters. The molecule has 140 valence electrons. The molecule has 6 heteroatoms. The Morgan fingerprint density at radius 1 is 1.26 bits per heavy atom. The van der Waals surface area contributed by atoms with Crippen molar-refractivity contribution in [3.8, 4) is 0 Å². The van der Waals surface area contributed by atoms with Crippen LogP contribution in [-0.2, 0) is 4.79 Å². The molecule has 0 saturated carbocycles. The fourth-order valence-electron chi connectivity index (χ4n) is 3.45. The molecule has 5 nitrogen and oxygen atoms in total. The van der Waals surface area contributed by atoms with Crippen molar-refractivity contribution in [2.24, 2.45) is 5.92 Å². The van der Waals surface area contributed by atoms with Crippen molar-refractivity contribution in [3.63, 3.8) is 0 Å². The highest BCUT2D eigenvalue weighted by molar-refractivity contribution is 7.21. The molecular weight excluding hydrogens is 356 g/mol. The van der Waals surface area contributed by atoms with Gasteiger partial charge in [-0.2, -0.15) is 0 Å². The average molecular weight is 381 g/mol. The van der Waals surface area contributed by atoms with Crippen LogP contribution in [-0.4, -0.2) is 29.0 Å². The number of nitrogens with zero attached hydrogens (tertiary/aromatic N) is 3. The third-order valence-electron chi connectivity index (χ3n) is 5.06. The summed E-state index contributed by atoms with van der Waals surface area (Å²) >= 11 is 1.60. The standard InChI is InChI=1S/C21H24N4OS/c1-14(2)15-7-9-17(10-8-15)23-19(26)16-5-4-12-25(13-16)21-24-18-6-3-11-22-20(18)27-21/h3,6-11,14,16H,4-5,12-13H2,1-2H3,(H,23,26)/t16-/m1/s1. The van der Waals surface area contributed by atoms with Crippen molar-refractivity contribution in [2.45, 2.75) is 32.6 Å². The largest absolute Gasteiger partial charge is 0.347 e. The molecule has 0 spiro atoms. The lowest BCUT2D eigenvalue weighted by atomic mass is 9.97. The number of benzene rings is 1. The van der Waals surface area contributed by atoms with E-state index in [9.17, 15) is 4.79 Å². The second-order valence-electron chi connectivity index (χ2n) is 7.38. The number of amides is 1. The van der Waals surface area contributed by atoms with Crippen molar-refractivity contribution >= 4 is 38.4 Å². The fourth-order valence-corrected chi connectivity index (χ4v) is 4.40. The molecule has 1 amide bonds. The first-order chi connectivity index (χ1) is 13.1. The van der Waals surface area contributed by atoms with Gasteiger partial charge in [0.05, 0.1) is 5.92 Å². The zero-order valence-corrected chi connectivity index (χ0v) is 16.5. The van der Waals surface area contributed by atoms with Crippen LogP contribution >= 0.6 is 11.3 Å². The van der Waals surface area contributed by atoms with E-state index < -0.39 is 0 Å². The summed E-state index contributed by atoms with van der Waals surface area (Å²) in [4.78, 5) is 25.0. The van der Waals surface area contributed by atoms with Gasteiger partial charge in [-0.15, -0.1) is 0 Å². The normalized spacial score (nSPS) is 17.4. The monoisotopic (exact) mass is 380 g/mol. The molecule has 1 aromatic carbocycles. The van der Waals surface area contributed by atoms with Crippen molar-refractivity contribution < 1.29 is 4.79 Å². The highest BCUT2D eigenvalue weighted by Crippen LogP contribution is 2.30. The second kappa shape index (κ2) is 7.64. The lowest BCUT2D eigenvalue weighted by molar-refractivity contribution is -0.120. The Hall–Kier alpha value is -2.47. The fraction of sp³-hybridized carbons (Fsp3) is 0.381. The van der Waals surface area contributed by atoms with Crippen molar-refractivity contribution in [1.29, 1.82) is 0 Å². The molecule has 27 heavy (non-hydrogen) atoms. The van der Waals surface area contributed by atoms with E-state index in [-0.39, 0.29) is 11.8 Å². The van der Waals surface area contributed by atoms with E-state index in [1.807, 2.05) is 24.3 Å². The van der Waals surface area contributed by atoms with Gasteiger partial charge < -0.3 is 10.2 Å². The summed E-state index contributed by atoms with van der Waals surface area (Å²) in [6, 6.07) is 12.0. The third kappa shape index (κ3) is 3.95. The van der Waals surface area contributed by atoms with Gasteiger partial charge in [0.15, 0.2) is 5.13 Å². The Labute approximate surface area is 163 Å². The number of carbonyl (C=O) groups is 1. The number of hydrogen-bond donors (Lipinski definition) is 1. The van der Waals surface area contributed by atoms with Gasteiger partial charge in [-0.1, -0.05) is 37.3 Å². The van der Waals surface area contributed by atoms with Crippen LogP contribution in [0.25, 0.3) is 10.3 Å². The summed E-state index contributed by atoms with van der Waals surface area (Å²) in [6.07, 6.45) is 3.70. The number of pyridine rings is 1. The molecule has 1 atom stereocenters. The number of rotatable bonds is 4. The summed E-state index contributed by atoms with van der Waals surface area (Å²) in [5.74, 6) is 0.560. The van der Waals surface area contributed by atoms with Gasteiger partial charge in [0.1, 0.15) is 10.3 Å². The number of nitrogens with one attached hydrogen (secondary N) is 1. The van der Waals surface area contributed by atoms with Crippen molar-refractivity contribution in [3.05, 3.63) is 48.2 Å². The summed E-state index contributed by atoms with van der Waals surface area (Å²) in [5, 5.41) is 4.04. The summed E-state index contributed by atoms with van der Waals surface area (Å²) in [6.45, 7) is 5.98. The van der Waals surface area contributed by atoms with Crippen LogP contribution in [0.15, 0.2) is 42.6 Å². The topological polar surface area (TPSA) is 58.1 Å². The van der Waals surface area contributed by atoms with Gasteiger partial charge in [-0.3, -0.25) is 4.79 Å². The Kier molecular flexibility index (Phi) is 5.07. The number of aromatic nitrogens is 2. The molecule has 1 fully saturated rings. The number of anilines is 2. The summed E-state index contributed by atoms with van der Waals surface area (Å²) in [5.41, 5.74) is 3.07. The van der Waals surface area contributed by atoms with E-state index in [2.05, 4.69) is 41.2 Å². The van der Waals surface area contributed by atoms with Gasteiger partial charge in [0.2, 0.25) is 5.91 Å². The molecule has 3 aromatic rings. The van der Waals surface area contributed by atoms with Crippen LogP contribution < -0.4 is 10.2 Å². The van der Waals surface area contributed by atoms with Crippen molar-refractivity contribution in [2.75, 3.05) is 23.3 Å². The Morgan fingerprint density at radius 3 is 2.81 bits per heavy atom. The Morgan fingerprint density at radius 2 is 2.07 bits per heavy atom. The predicted octanol–water partition coefficient (Wildman–Crippen LogP) is 4.67. The Balaban J connectivity index is 1.43. The lowest BCUT2D eigenvalue weighted by Gasteiger charge is -2.31. The molecule has 0 aliphatic carbocycles. The Bertz CT molecular complexity index is 902. The zero-order chi connectivity index (χ0) is 18.8. The van der Waals surface area contributed by atoms with E-state index >= 15 is 0 Å². The minimum atomic E-state index is -0.0245. The summed E-state index contributed by atoms with van der Waals surface area (Å²) < 4.78 is 0. The predicted molar refractivity (Wildman–Crippen MR) is 112 cm³/mol. The maximum Gasteiger partial charge on any atom is 0.229 e. The first-order valence-corrected chi connectivity index (χ1v) is 10.3. The van der Waals surface area contributed by atoms with Crippen LogP contribution in [0.5, 0.6) is 0 Å². The third-order valence-corrected chi connectivity index (χ3v) is 6.10. The minimum absolute atomic E-state index is 0.0245. The number of hydrogen-bond acceptors (Lipinski definition) is 5. The first kappa shape index (κ1) is 17.9. The maximum atomic E-state index is 12.8. The van der Waals surface area contributed by atoms with Gasteiger partial charge in [-0.25, -0.2) is 9.97 Å². The molecule has 0 radical (unpaired) electrons. The van der Waals surface area contributed by atoms with Crippen LogP contribution in [0.1, 0.15) is 38.2 Å². The second-order valence-corrected chi connectivity index (χ2v) is 8.33. The van der Waals surface area contributed by atoms with E-state index in [0.29, 0.717) is 12.5 Å². The lowest BCUT2D eigenvalue weighted by Crippen LogP contribution is -2.40. The smallest absolute Gasteiger partial charge is 0.229 e. The molecule has 2 aromatic heterocycles. The number of piperidine rings is 1. The van der Waals surface area contributed by atoms with Gasteiger partial charge in [0.25, 0.3) is 0 Å². The summed E-state index contributed by atoms with van der Waals surface area (Å²) in [7, 11) is 0. The highest BCUT2D eigenvalue weighted by atomic mass is 32.1. The molecule has 0 bridgehead atoms. The zero-order valence-electron chi connectivity index (χ0n) is 15.7. The SMILES string of the molecule is CC(C)c1ccc(NC(=O)[C@@H]2CCCN(c3nc4cccnc4s3)C2)cc1. The molecule has 4 rings (SSSR count). The average Bonchev–Trinajstić information content (AvgIpc) is 3.13. The van der Waals surface area contributed by atoms with Crippen LogP contribution in [0, 0.1) is 5.92 Å². The van der Waals surface area contributed by atoms with Crippen LogP contribution in [0.2, 0.25) is 0 Å².